The van der Waals surface area contributed by atoms with Crippen molar-refractivity contribution in [3.8, 4) is 0 Å². The number of nitrogens with one attached hydrogen (secondary N) is 1. The second-order valence-electron chi connectivity index (χ2n) is 5.79. The van der Waals surface area contributed by atoms with E-state index >= 15 is 0 Å². The summed E-state index contributed by atoms with van der Waals surface area (Å²) in [6.07, 6.45) is 1.83. The third kappa shape index (κ3) is 3.63. The molecule has 106 valence electrons. The van der Waals surface area contributed by atoms with Gasteiger partial charge in [0, 0.05) is 28.2 Å². The van der Waals surface area contributed by atoms with Crippen LogP contribution in [0.25, 0.3) is 0 Å². The second kappa shape index (κ2) is 5.71. The van der Waals surface area contributed by atoms with Crippen molar-refractivity contribution in [2.24, 2.45) is 5.10 Å². The van der Waals surface area contributed by atoms with Crippen LogP contribution >= 0.6 is 11.3 Å². The van der Waals surface area contributed by atoms with Crippen LogP contribution in [0.4, 0.5) is 5.13 Å². The summed E-state index contributed by atoms with van der Waals surface area (Å²) < 4.78 is 0. The molecule has 0 fully saturated rings. The third-order valence-electron chi connectivity index (χ3n) is 2.92. The lowest BCUT2D eigenvalue weighted by molar-refractivity contribution is 0.573. The summed E-state index contributed by atoms with van der Waals surface area (Å²) >= 11 is 1.57. The molecule has 0 aromatic carbocycles. The molecule has 0 aliphatic rings. The zero-order valence-electron chi connectivity index (χ0n) is 12.6. The summed E-state index contributed by atoms with van der Waals surface area (Å²) in [7, 11) is 0. The number of aromatic nitrogens is 2. The van der Waals surface area contributed by atoms with Crippen molar-refractivity contribution in [2.45, 2.75) is 40.0 Å². The zero-order chi connectivity index (χ0) is 14.8. The van der Waals surface area contributed by atoms with Crippen molar-refractivity contribution < 1.29 is 0 Å². The number of nitrogens with zero attached hydrogens (tertiary/aromatic N) is 3. The number of hydrogen-bond donors (Lipinski definition) is 1. The van der Waals surface area contributed by atoms with Gasteiger partial charge in [0.2, 0.25) is 5.13 Å². The van der Waals surface area contributed by atoms with Gasteiger partial charge in [-0.25, -0.2) is 4.98 Å². The summed E-state index contributed by atoms with van der Waals surface area (Å²) in [5.41, 5.74) is 7.07. The summed E-state index contributed by atoms with van der Waals surface area (Å²) in [5.74, 6) is 0. The van der Waals surface area contributed by atoms with Crippen LogP contribution in [0.2, 0.25) is 0 Å². The number of pyridine rings is 1. The zero-order valence-corrected chi connectivity index (χ0v) is 13.4. The quantitative estimate of drug-likeness (QED) is 0.686. The van der Waals surface area contributed by atoms with Crippen molar-refractivity contribution in [3.63, 3.8) is 0 Å². The van der Waals surface area contributed by atoms with Crippen LogP contribution in [0.1, 0.15) is 44.6 Å². The predicted octanol–water partition coefficient (Wildman–Crippen LogP) is 3.98. The Morgan fingerprint density at radius 3 is 2.60 bits per heavy atom. The van der Waals surface area contributed by atoms with Gasteiger partial charge in [0.1, 0.15) is 0 Å². The van der Waals surface area contributed by atoms with E-state index in [1.54, 1.807) is 11.3 Å². The van der Waals surface area contributed by atoms with Crippen molar-refractivity contribution >= 4 is 22.2 Å². The van der Waals surface area contributed by atoms with E-state index in [1.165, 1.54) is 0 Å². The molecule has 5 heteroatoms. The molecule has 0 atom stereocenters. The highest BCUT2D eigenvalue weighted by Gasteiger charge is 2.17. The van der Waals surface area contributed by atoms with Gasteiger partial charge < -0.3 is 0 Å². The number of rotatable bonds is 3. The number of hydrogen-bond acceptors (Lipinski definition) is 5. The van der Waals surface area contributed by atoms with E-state index in [9.17, 15) is 0 Å². The molecule has 2 aromatic rings. The monoisotopic (exact) mass is 288 g/mol. The van der Waals surface area contributed by atoms with Crippen LogP contribution in [-0.2, 0) is 5.41 Å². The SMILES string of the molecule is C/C(=N\Nc1nc(C(C)(C)C)cs1)c1ccc(C)nc1. The highest BCUT2D eigenvalue weighted by Crippen LogP contribution is 2.26. The van der Waals surface area contributed by atoms with E-state index in [1.807, 2.05) is 32.2 Å². The van der Waals surface area contributed by atoms with E-state index in [-0.39, 0.29) is 5.41 Å². The van der Waals surface area contributed by atoms with Crippen molar-refractivity contribution in [1.82, 2.24) is 9.97 Å². The third-order valence-corrected chi connectivity index (χ3v) is 3.67. The molecule has 0 unspecified atom stereocenters. The standard InChI is InChI=1S/C15H20N4S/c1-10-6-7-12(8-16-10)11(2)18-19-14-17-13(9-20-14)15(3,4)5/h6-9H,1-5H3,(H,17,19)/b18-11+. The van der Waals surface area contributed by atoms with E-state index in [0.29, 0.717) is 0 Å². The van der Waals surface area contributed by atoms with E-state index < -0.39 is 0 Å². The van der Waals surface area contributed by atoms with E-state index in [4.69, 9.17) is 0 Å². The molecule has 0 aliphatic heterocycles. The molecule has 20 heavy (non-hydrogen) atoms. The lowest BCUT2D eigenvalue weighted by Gasteiger charge is -2.13. The first-order valence-electron chi connectivity index (χ1n) is 6.55. The minimum absolute atomic E-state index is 0.0655. The Morgan fingerprint density at radius 2 is 2.05 bits per heavy atom. The first-order chi connectivity index (χ1) is 9.36. The van der Waals surface area contributed by atoms with Crippen molar-refractivity contribution in [3.05, 3.63) is 40.7 Å². The van der Waals surface area contributed by atoms with Gasteiger partial charge >= 0.3 is 0 Å². The van der Waals surface area contributed by atoms with Crippen LogP contribution in [0, 0.1) is 6.92 Å². The summed E-state index contributed by atoms with van der Waals surface area (Å²) in [6.45, 7) is 10.4. The summed E-state index contributed by atoms with van der Waals surface area (Å²) in [6, 6.07) is 4.00. The smallest absolute Gasteiger partial charge is 0.203 e. The molecule has 0 radical (unpaired) electrons. The second-order valence-corrected chi connectivity index (χ2v) is 6.64. The molecule has 0 saturated carbocycles. The Morgan fingerprint density at radius 1 is 1.30 bits per heavy atom. The molecule has 2 rings (SSSR count). The highest BCUT2D eigenvalue weighted by molar-refractivity contribution is 7.13. The average molecular weight is 288 g/mol. The van der Waals surface area contributed by atoms with Gasteiger partial charge in [0.25, 0.3) is 0 Å². The highest BCUT2D eigenvalue weighted by atomic mass is 32.1. The summed E-state index contributed by atoms with van der Waals surface area (Å²) in [4.78, 5) is 8.82. The fourth-order valence-electron chi connectivity index (χ4n) is 1.55. The van der Waals surface area contributed by atoms with Crippen LogP contribution in [0.5, 0.6) is 0 Å². The normalized spacial score (nSPS) is 12.6. The Bertz CT molecular complexity index is 606. The molecule has 2 heterocycles. The average Bonchev–Trinajstić information content (AvgIpc) is 2.85. The van der Waals surface area contributed by atoms with Gasteiger partial charge in [-0.2, -0.15) is 5.10 Å². The number of anilines is 1. The lowest BCUT2D eigenvalue weighted by atomic mass is 9.93. The minimum atomic E-state index is 0.0655. The number of thiazole rings is 1. The van der Waals surface area contributed by atoms with Crippen LogP contribution in [0.15, 0.2) is 28.8 Å². The first-order valence-corrected chi connectivity index (χ1v) is 7.43. The Hall–Kier alpha value is -1.75. The topological polar surface area (TPSA) is 50.2 Å². The minimum Gasteiger partial charge on any atom is -0.261 e. The Balaban J connectivity index is 2.09. The molecule has 0 bridgehead atoms. The maximum atomic E-state index is 4.55. The Labute approximate surface area is 124 Å². The molecular formula is C15H20N4S. The van der Waals surface area contributed by atoms with Gasteiger partial charge in [0.05, 0.1) is 11.4 Å². The predicted molar refractivity (Wildman–Crippen MR) is 85.6 cm³/mol. The fourth-order valence-corrected chi connectivity index (χ4v) is 2.43. The van der Waals surface area contributed by atoms with E-state index in [0.717, 1.165) is 27.8 Å². The maximum absolute atomic E-state index is 4.55. The van der Waals surface area contributed by atoms with Crippen molar-refractivity contribution in [1.29, 1.82) is 0 Å². The molecule has 0 aliphatic carbocycles. The van der Waals surface area contributed by atoms with Crippen LogP contribution < -0.4 is 5.43 Å². The molecule has 0 amide bonds. The molecule has 2 aromatic heterocycles. The van der Waals surface area contributed by atoms with Gasteiger partial charge in [-0.15, -0.1) is 11.3 Å². The van der Waals surface area contributed by atoms with Gasteiger partial charge in [-0.1, -0.05) is 20.8 Å². The molecule has 0 saturated heterocycles. The van der Waals surface area contributed by atoms with Crippen molar-refractivity contribution in [2.75, 3.05) is 5.43 Å². The first kappa shape index (κ1) is 14.7. The molecular weight excluding hydrogens is 268 g/mol. The number of aryl methyl sites for hydroxylation is 1. The van der Waals surface area contributed by atoms with Gasteiger partial charge in [-0.05, 0) is 26.0 Å². The molecule has 0 spiro atoms. The largest absolute Gasteiger partial charge is 0.261 e. The molecule has 1 N–H and O–H groups in total. The maximum Gasteiger partial charge on any atom is 0.203 e. The Kier molecular flexibility index (Phi) is 4.18. The fraction of sp³-hybridized carbons (Fsp3) is 0.400. The van der Waals surface area contributed by atoms with Gasteiger partial charge in [-0.3, -0.25) is 10.4 Å². The van der Waals surface area contributed by atoms with Crippen LogP contribution in [0.3, 0.4) is 0 Å². The lowest BCUT2D eigenvalue weighted by Crippen LogP contribution is -2.11. The summed E-state index contributed by atoms with van der Waals surface area (Å²) in [5, 5.41) is 7.25. The van der Waals surface area contributed by atoms with E-state index in [2.05, 4.69) is 46.6 Å². The van der Waals surface area contributed by atoms with Crippen LogP contribution in [-0.4, -0.2) is 15.7 Å². The molecule has 4 nitrogen and oxygen atoms in total. The number of hydrazone groups is 1. The van der Waals surface area contributed by atoms with Gasteiger partial charge in [0.15, 0.2) is 0 Å².